The van der Waals surface area contributed by atoms with Crippen molar-refractivity contribution in [2.75, 3.05) is 0 Å². The molecular formula is C10H8ClF5N2. The van der Waals surface area contributed by atoms with E-state index < -0.39 is 18.1 Å². The van der Waals surface area contributed by atoms with Gasteiger partial charge in [0.15, 0.2) is 0 Å². The van der Waals surface area contributed by atoms with E-state index in [0.717, 1.165) is 24.3 Å². The van der Waals surface area contributed by atoms with E-state index in [1.165, 1.54) is 0 Å². The predicted molar refractivity (Wildman–Crippen MR) is 56.3 cm³/mol. The molecule has 0 spiro atoms. The van der Waals surface area contributed by atoms with Crippen LogP contribution in [-0.2, 0) is 0 Å². The van der Waals surface area contributed by atoms with Crippen molar-refractivity contribution in [3.63, 3.8) is 0 Å². The topological polar surface area (TPSA) is 49.8 Å². The van der Waals surface area contributed by atoms with E-state index in [-0.39, 0.29) is 23.5 Å². The molecule has 2 nitrogen and oxygen atoms in total. The Labute approximate surface area is 106 Å². The molecule has 100 valence electrons. The Kier molecular flexibility index (Phi) is 5.08. The summed E-state index contributed by atoms with van der Waals surface area (Å²) in [6, 6.07) is 3.42. The van der Waals surface area contributed by atoms with Crippen LogP contribution in [0, 0.1) is 11.3 Å². The zero-order chi connectivity index (χ0) is 13.3. The maximum absolute atomic E-state index is 12.9. The van der Waals surface area contributed by atoms with Gasteiger partial charge in [0.05, 0.1) is 11.6 Å². The van der Waals surface area contributed by atoms with Crippen molar-refractivity contribution in [3.05, 3.63) is 35.4 Å². The lowest BCUT2D eigenvalue weighted by Crippen LogP contribution is -2.45. The van der Waals surface area contributed by atoms with Crippen LogP contribution in [0.4, 0.5) is 22.0 Å². The van der Waals surface area contributed by atoms with Crippen LogP contribution in [0.25, 0.3) is 0 Å². The number of nitriles is 1. The van der Waals surface area contributed by atoms with Gasteiger partial charge in [0, 0.05) is 0 Å². The Morgan fingerprint density at radius 1 is 1.06 bits per heavy atom. The van der Waals surface area contributed by atoms with Crippen molar-refractivity contribution in [2.45, 2.75) is 18.1 Å². The van der Waals surface area contributed by atoms with Gasteiger partial charge in [-0.3, -0.25) is 0 Å². The first-order valence-electron chi connectivity index (χ1n) is 4.40. The first-order valence-corrected chi connectivity index (χ1v) is 4.40. The highest BCUT2D eigenvalue weighted by molar-refractivity contribution is 5.85. The summed E-state index contributed by atoms with van der Waals surface area (Å²) < 4.78 is 61.9. The van der Waals surface area contributed by atoms with Gasteiger partial charge in [0.2, 0.25) is 0 Å². The molecule has 8 heteroatoms. The second-order valence-electron chi connectivity index (χ2n) is 3.33. The van der Waals surface area contributed by atoms with E-state index in [1.54, 1.807) is 6.07 Å². The van der Waals surface area contributed by atoms with E-state index in [0.29, 0.717) is 0 Å². The Balaban J connectivity index is 0.00000289. The summed E-state index contributed by atoms with van der Waals surface area (Å²) in [5, 5.41) is 8.45. The van der Waals surface area contributed by atoms with Crippen molar-refractivity contribution >= 4 is 12.4 Å². The molecule has 0 saturated heterocycles. The Morgan fingerprint density at radius 3 is 1.83 bits per heavy atom. The van der Waals surface area contributed by atoms with Crippen LogP contribution in [0.3, 0.4) is 0 Å². The lowest BCUT2D eigenvalue weighted by molar-refractivity contribution is -0.291. The molecular weight excluding hydrogens is 279 g/mol. The van der Waals surface area contributed by atoms with Crippen molar-refractivity contribution in [3.8, 4) is 6.07 Å². The number of hydrogen-bond donors (Lipinski definition) is 1. The first-order chi connectivity index (χ1) is 7.70. The van der Waals surface area contributed by atoms with Gasteiger partial charge in [-0.1, -0.05) is 12.1 Å². The number of halogens is 6. The molecule has 0 aliphatic carbocycles. The first kappa shape index (κ1) is 16.6. The van der Waals surface area contributed by atoms with Gasteiger partial charge in [-0.25, -0.2) is 0 Å². The third-order valence-electron chi connectivity index (χ3n) is 2.17. The normalized spacial score (nSPS) is 13.4. The average molecular weight is 287 g/mol. The smallest absolute Gasteiger partial charge is 0.319 e. The molecule has 1 aromatic carbocycles. The molecule has 0 amide bonds. The van der Waals surface area contributed by atoms with E-state index in [9.17, 15) is 22.0 Å². The monoisotopic (exact) mass is 286 g/mol. The van der Waals surface area contributed by atoms with Gasteiger partial charge >= 0.3 is 12.1 Å². The highest BCUT2D eigenvalue weighted by Crippen LogP contribution is 2.43. The molecule has 18 heavy (non-hydrogen) atoms. The SMILES string of the molecule is Cl.N#Cc1ccc([C@@H](N)C(F)(F)C(F)(F)F)cc1. The van der Waals surface area contributed by atoms with Gasteiger partial charge in [-0.2, -0.15) is 27.2 Å². The van der Waals surface area contributed by atoms with Crippen molar-refractivity contribution in [1.29, 1.82) is 5.26 Å². The molecule has 0 unspecified atom stereocenters. The number of hydrogen-bond acceptors (Lipinski definition) is 2. The quantitative estimate of drug-likeness (QED) is 0.849. The standard InChI is InChI=1S/C10H7F5N2.ClH/c11-9(12,10(13,14)15)8(17)7-3-1-6(5-16)2-4-7;/h1-4,8H,17H2;1H/t8-;/m1./s1. The number of benzene rings is 1. The highest BCUT2D eigenvalue weighted by Gasteiger charge is 2.61. The van der Waals surface area contributed by atoms with Crippen LogP contribution in [0.15, 0.2) is 24.3 Å². The molecule has 0 radical (unpaired) electrons. The van der Waals surface area contributed by atoms with E-state index in [2.05, 4.69) is 0 Å². The molecule has 1 rings (SSSR count). The summed E-state index contributed by atoms with van der Waals surface area (Å²) in [6.07, 6.45) is -5.71. The van der Waals surface area contributed by atoms with Crippen LogP contribution in [0.1, 0.15) is 17.2 Å². The lowest BCUT2D eigenvalue weighted by atomic mass is 10.00. The molecule has 0 fully saturated rings. The molecule has 1 aromatic rings. The number of alkyl halides is 5. The summed E-state index contributed by atoms with van der Waals surface area (Å²) in [6.45, 7) is 0. The molecule has 0 heterocycles. The van der Waals surface area contributed by atoms with Crippen LogP contribution >= 0.6 is 12.4 Å². The molecule has 0 saturated carbocycles. The van der Waals surface area contributed by atoms with Crippen molar-refractivity contribution in [1.82, 2.24) is 0 Å². The summed E-state index contributed by atoms with van der Waals surface area (Å²) in [5.41, 5.74) is 4.66. The van der Waals surface area contributed by atoms with E-state index in [4.69, 9.17) is 11.0 Å². The third-order valence-corrected chi connectivity index (χ3v) is 2.17. The number of nitrogens with two attached hydrogens (primary N) is 1. The van der Waals surface area contributed by atoms with Crippen LogP contribution < -0.4 is 5.73 Å². The number of nitrogens with zero attached hydrogens (tertiary/aromatic N) is 1. The van der Waals surface area contributed by atoms with Gasteiger partial charge in [0.1, 0.15) is 6.04 Å². The maximum atomic E-state index is 12.9. The largest absolute Gasteiger partial charge is 0.455 e. The third kappa shape index (κ3) is 3.09. The molecule has 0 aliphatic heterocycles. The zero-order valence-corrected chi connectivity index (χ0v) is 9.53. The Bertz CT molecular complexity index is 435. The maximum Gasteiger partial charge on any atom is 0.455 e. The summed E-state index contributed by atoms with van der Waals surface area (Å²) in [7, 11) is 0. The highest BCUT2D eigenvalue weighted by atomic mass is 35.5. The fourth-order valence-corrected chi connectivity index (χ4v) is 1.15. The van der Waals surface area contributed by atoms with E-state index >= 15 is 0 Å². The fourth-order valence-electron chi connectivity index (χ4n) is 1.15. The Hall–Kier alpha value is -1.39. The summed E-state index contributed by atoms with van der Waals surface area (Å²) in [4.78, 5) is 0. The molecule has 0 aromatic heterocycles. The number of rotatable bonds is 2. The Morgan fingerprint density at radius 2 is 1.50 bits per heavy atom. The second-order valence-corrected chi connectivity index (χ2v) is 3.33. The minimum Gasteiger partial charge on any atom is -0.319 e. The fraction of sp³-hybridized carbons (Fsp3) is 0.300. The molecule has 0 aliphatic rings. The average Bonchev–Trinajstić information content (AvgIpc) is 2.26. The van der Waals surface area contributed by atoms with Gasteiger partial charge in [0.25, 0.3) is 0 Å². The molecule has 1 atom stereocenters. The molecule has 0 bridgehead atoms. The second kappa shape index (κ2) is 5.50. The van der Waals surface area contributed by atoms with Crippen molar-refractivity contribution in [2.24, 2.45) is 5.73 Å². The van der Waals surface area contributed by atoms with Gasteiger partial charge in [-0.05, 0) is 17.7 Å². The minimum absolute atomic E-state index is 0. The van der Waals surface area contributed by atoms with Crippen LogP contribution in [-0.4, -0.2) is 12.1 Å². The minimum atomic E-state index is -5.71. The van der Waals surface area contributed by atoms with Crippen molar-refractivity contribution < 1.29 is 22.0 Å². The zero-order valence-electron chi connectivity index (χ0n) is 8.71. The van der Waals surface area contributed by atoms with Crippen LogP contribution in [0.2, 0.25) is 0 Å². The summed E-state index contributed by atoms with van der Waals surface area (Å²) >= 11 is 0. The lowest BCUT2D eigenvalue weighted by Gasteiger charge is -2.25. The van der Waals surface area contributed by atoms with Gasteiger partial charge in [-0.15, -0.1) is 12.4 Å². The molecule has 2 N–H and O–H groups in total. The van der Waals surface area contributed by atoms with Gasteiger partial charge < -0.3 is 5.73 Å². The van der Waals surface area contributed by atoms with Crippen LogP contribution in [0.5, 0.6) is 0 Å². The van der Waals surface area contributed by atoms with E-state index in [1.807, 2.05) is 0 Å². The predicted octanol–water partition coefficient (Wildman–Crippen LogP) is 3.18. The summed E-state index contributed by atoms with van der Waals surface area (Å²) in [5.74, 6) is -5.01.